The topological polar surface area (TPSA) is 46.2 Å². The maximum absolute atomic E-state index is 9.28. The number of nitrogens with two attached hydrogens (primary N) is 1. The fourth-order valence-corrected chi connectivity index (χ4v) is 2.60. The van der Waals surface area contributed by atoms with Crippen LogP contribution in [0.3, 0.4) is 0 Å². The predicted octanol–water partition coefficient (Wildman–Crippen LogP) is 2.42. The summed E-state index contributed by atoms with van der Waals surface area (Å²) in [5.41, 5.74) is 6.59. The van der Waals surface area contributed by atoms with Crippen LogP contribution in [0.1, 0.15) is 17.9 Å². The van der Waals surface area contributed by atoms with Gasteiger partial charge in [0.25, 0.3) is 0 Å². The Hall–Kier alpha value is -0.280. The molecule has 1 aliphatic carbocycles. The van der Waals surface area contributed by atoms with Gasteiger partial charge in [0.1, 0.15) is 0 Å². The minimum Gasteiger partial charge on any atom is -0.396 e. The monoisotopic (exact) mass is 245 g/mol. The second-order valence-corrected chi connectivity index (χ2v) is 5.06. The number of benzene rings is 1. The van der Waals surface area contributed by atoms with E-state index in [0.717, 1.165) is 12.0 Å². The molecule has 0 bridgehead atoms. The Bertz CT molecular complexity index is 357. The molecule has 0 amide bonds. The van der Waals surface area contributed by atoms with Crippen LogP contribution in [0.4, 0.5) is 0 Å². The molecule has 15 heavy (non-hydrogen) atoms. The molecule has 82 valence electrons. The number of aliphatic hydroxyl groups excluding tert-OH is 1. The van der Waals surface area contributed by atoms with E-state index in [9.17, 15) is 5.11 Å². The highest BCUT2D eigenvalue weighted by Gasteiger charge is 2.53. The summed E-state index contributed by atoms with van der Waals surface area (Å²) in [5.74, 6) is 0.295. The molecule has 0 aliphatic heterocycles. The number of hydrogen-bond acceptors (Lipinski definition) is 2. The molecule has 1 saturated carbocycles. The third-order valence-electron chi connectivity index (χ3n) is 3.20. The molecule has 1 aromatic carbocycles. The Morgan fingerprint density at radius 2 is 1.93 bits per heavy atom. The lowest BCUT2D eigenvalue weighted by Crippen LogP contribution is -2.21. The van der Waals surface area contributed by atoms with Crippen LogP contribution in [-0.2, 0) is 0 Å². The average molecular weight is 246 g/mol. The van der Waals surface area contributed by atoms with E-state index in [1.54, 1.807) is 6.07 Å². The van der Waals surface area contributed by atoms with Crippen molar-refractivity contribution in [1.29, 1.82) is 0 Å². The largest absolute Gasteiger partial charge is 0.396 e. The number of rotatable bonds is 3. The summed E-state index contributed by atoms with van der Waals surface area (Å²) in [7, 11) is 0. The first-order valence-corrected chi connectivity index (χ1v) is 5.64. The van der Waals surface area contributed by atoms with Gasteiger partial charge < -0.3 is 10.8 Å². The third kappa shape index (κ3) is 2.00. The Balaban J connectivity index is 2.26. The molecule has 4 heteroatoms. The first kappa shape index (κ1) is 11.2. The van der Waals surface area contributed by atoms with Crippen molar-refractivity contribution in [3.8, 4) is 0 Å². The van der Waals surface area contributed by atoms with Gasteiger partial charge in [-0.15, -0.1) is 0 Å². The SMILES string of the molecule is NC[C@]1(CO)C[C@@H]1c1cc(Cl)cc(Cl)c1. The molecule has 2 atom stereocenters. The summed E-state index contributed by atoms with van der Waals surface area (Å²) < 4.78 is 0. The Labute approximate surface area is 99.0 Å². The van der Waals surface area contributed by atoms with Gasteiger partial charge in [0.05, 0.1) is 6.61 Å². The second-order valence-electron chi connectivity index (χ2n) is 4.18. The molecule has 3 N–H and O–H groups in total. The number of aliphatic hydroxyl groups is 1. The van der Waals surface area contributed by atoms with E-state index in [4.69, 9.17) is 28.9 Å². The van der Waals surface area contributed by atoms with Gasteiger partial charge >= 0.3 is 0 Å². The molecule has 0 radical (unpaired) electrons. The number of halogens is 2. The summed E-state index contributed by atoms with van der Waals surface area (Å²) in [6.07, 6.45) is 0.913. The minimum absolute atomic E-state index is 0.123. The minimum atomic E-state index is -0.145. The van der Waals surface area contributed by atoms with Crippen LogP contribution < -0.4 is 5.73 Å². The number of hydrogen-bond donors (Lipinski definition) is 2. The maximum atomic E-state index is 9.28. The van der Waals surface area contributed by atoms with E-state index in [1.165, 1.54) is 0 Å². The summed E-state index contributed by atoms with van der Waals surface area (Å²) in [4.78, 5) is 0. The van der Waals surface area contributed by atoms with Gasteiger partial charge in [-0.25, -0.2) is 0 Å². The summed E-state index contributed by atoms with van der Waals surface area (Å²) in [5, 5.41) is 10.5. The summed E-state index contributed by atoms with van der Waals surface area (Å²) in [6, 6.07) is 5.49. The van der Waals surface area contributed by atoms with E-state index in [0.29, 0.717) is 22.5 Å². The zero-order valence-corrected chi connectivity index (χ0v) is 9.72. The highest BCUT2D eigenvalue weighted by Crippen LogP contribution is 2.58. The lowest BCUT2D eigenvalue weighted by atomic mass is 10.0. The van der Waals surface area contributed by atoms with Gasteiger partial charge in [0, 0.05) is 22.0 Å². The van der Waals surface area contributed by atoms with Crippen LogP contribution in [0.2, 0.25) is 10.0 Å². The van der Waals surface area contributed by atoms with Crippen LogP contribution in [-0.4, -0.2) is 18.3 Å². The molecule has 1 fully saturated rings. The molecular formula is C11H13Cl2NO. The third-order valence-corrected chi connectivity index (χ3v) is 3.63. The van der Waals surface area contributed by atoms with Crippen LogP contribution in [0, 0.1) is 5.41 Å². The van der Waals surface area contributed by atoms with Crippen molar-refractivity contribution in [3.05, 3.63) is 33.8 Å². The fraction of sp³-hybridized carbons (Fsp3) is 0.455. The first-order valence-electron chi connectivity index (χ1n) is 4.88. The zero-order chi connectivity index (χ0) is 11.1. The van der Waals surface area contributed by atoms with Crippen molar-refractivity contribution >= 4 is 23.2 Å². The quantitative estimate of drug-likeness (QED) is 0.860. The van der Waals surface area contributed by atoms with Crippen molar-refractivity contribution in [2.45, 2.75) is 12.3 Å². The Morgan fingerprint density at radius 1 is 1.33 bits per heavy atom. The highest BCUT2D eigenvalue weighted by atomic mass is 35.5. The lowest BCUT2D eigenvalue weighted by molar-refractivity contribution is 0.211. The summed E-state index contributed by atoms with van der Waals surface area (Å²) in [6.45, 7) is 0.622. The molecule has 0 unspecified atom stereocenters. The summed E-state index contributed by atoms with van der Waals surface area (Å²) >= 11 is 11.8. The molecule has 2 rings (SSSR count). The van der Waals surface area contributed by atoms with Crippen LogP contribution >= 0.6 is 23.2 Å². The van der Waals surface area contributed by atoms with Crippen molar-refractivity contribution in [2.24, 2.45) is 11.1 Å². The molecular weight excluding hydrogens is 233 g/mol. The van der Waals surface area contributed by atoms with Gasteiger partial charge in [-0.1, -0.05) is 23.2 Å². The Kier molecular flexibility index (Phi) is 2.95. The highest BCUT2D eigenvalue weighted by molar-refractivity contribution is 6.34. The van der Waals surface area contributed by atoms with E-state index in [1.807, 2.05) is 12.1 Å². The lowest BCUT2D eigenvalue weighted by Gasteiger charge is -2.11. The smallest absolute Gasteiger partial charge is 0.0505 e. The molecule has 0 spiro atoms. The second kappa shape index (κ2) is 3.95. The van der Waals surface area contributed by atoms with Crippen LogP contribution in [0.15, 0.2) is 18.2 Å². The standard InChI is InChI=1S/C11H13Cl2NO/c12-8-1-7(2-9(13)3-8)10-4-11(10,5-14)6-15/h1-3,10,15H,4-6,14H2/t10-,11+/m1/s1. The van der Waals surface area contributed by atoms with Crippen molar-refractivity contribution in [2.75, 3.05) is 13.2 Å². The molecule has 0 heterocycles. The normalized spacial score (nSPS) is 29.2. The maximum Gasteiger partial charge on any atom is 0.0505 e. The first-order chi connectivity index (χ1) is 7.11. The van der Waals surface area contributed by atoms with Crippen LogP contribution in [0.25, 0.3) is 0 Å². The van der Waals surface area contributed by atoms with E-state index in [-0.39, 0.29) is 12.0 Å². The van der Waals surface area contributed by atoms with Crippen LogP contribution in [0.5, 0.6) is 0 Å². The van der Waals surface area contributed by atoms with E-state index in [2.05, 4.69) is 0 Å². The van der Waals surface area contributed by atoms with Gasteiger partial charge in [0.15, 0.2) is 0 Å². The molecule has 1 aromatic rings. The Morgan fingerprint density at radius 3 is 2.33 bits per heavy atom. The predicted molar refractivity (Wildman–Crippen MR) is 62.4 cm³/mol. The van der Waals surface area contributed by atoms with Crippen molar-refractivity contribution in [1.82, 2.24) is 0 Å². The van der Waals surface area contributed by atoms with Gasteiger partial charge in [-0.05, 0) is 36.1 Å². The molecule has 2 nitrogen and oxygen atoms in total. The van der Waals surface area contributed by atoms with Gasteiger partial charge in [0.2, 0.25) is 0 Å². The molecule has 0 saturated heterocycles. The van der Waals surface area contributed by atoms with Crippen molar-refractivity contribution < 1.29 is 5.11 Å². The molecule has 1 aliphatic rings. The van der Waals surface area contributed by atoms with E-state index < -0.39 is 0 Å². The van der Waals surface area contributed by atoms with Crippen molar-refractivity contribution in [3.63, 3.8) is 0 Å². The van der Waals surface area contributed by atoms with E-state index >= 15 is 0 Å². The average Bonchev–Trinajstić information content (AvgIpc) is 2.91. The van der Waals surface area contributed by atoms with Gasteiger partial charge in [-0.3, -0.25) is 0 Å². The fourth-order valence-electron chi connectivity index (χ4n) is 2.06. The molecule has 0 aromatic heterocycles. The van der Waals surface area contributed by atoms with Gasteiger partial charge in [-0.2, -0.15) is 0 Å². The zero-order valence-electron chi connectivity index (χ0n) is 8.21.